The van der Waals surface area contributed by atoms with E-state index in [0.717, 1.165) is 17.8 Å². The van der Waals surface area contributed by atoms with Crippen LogP contribution in [0.1, 0.15) is 44.9 Å². The highest BCUT2D eigenvalue weighted by Crippen LogP contribution is 2.44. The average molecular weight is 362 g/mol. The third-order valence-corrected chi connectivity index (χ3v) is 5.59. The summed E-state index contributed by atoms with van der Waals surface area (Å²) in [5.41, 5.74) is -2.54. The fraction of sp³-hybridized carbons (Fsp3) is 0.500. The molecule has 1 aromatic rings. The van der Waals surface area contributed by atoms with Gasteiger partial charge in [-0.1, -0.05) is 30.0 Å². The van der Waals surface area contributed by atoms with E-state index in [4.69, 9.17) is 0 Å². The standard InChI is InChI=1S/C16H18F4N2OS/c1-9(10-7-5-6-8-11(10)16(18,19)20)21-13-22-12(23)15(4,24-13)14(2,3)17/h5-9H,1-4H3,(H,21,22,23)/t9-,15-/m0/s1. The fourth-order valence-electron chi connectivity index (χ4n) is 2.29. The molecule has 0 radical (unpaired) electrons. The van der Waals surface area contributed by atoms with Crippen molar-refractivity contribution in [1.29, 1.82) is 0 Å². The van der Waals surface area contributed by atoms with Gasteiger partial charge in [-0.15, -0.1) is 0 Å². The summed E-state index contributed by atoms with van der Waals surface area (Å²) >= 11 is 0.897. The van der Waals surface area contributed by atoms with Crippen LogP contribution in [0, 0.1) is 0 Å². The lowest BCUT2D eigenvalue weighted by molar-refractivity contribution is -0.138. The molecule has 1 aliphatic rings. The van der Waals surface area contributed by atoms with Crippen LogP contribution in [0.2, 0.25) is 0 Å². The van der Waals surface area contributed by atoms with Gasteiger partial charge in [-0.05, 0) is 39.3 Å². The third kappa shape index (κ3) is 3.43. The summed E-state index contributed by atoms with van der Waals surface area (Å²) in [6.07, 6.45) is -4.48. The number of nitrogens with zero attached hydrogens (tertiary/aromatic N) is 1. The van der Waals surface area contributed by atoms with E-state index in [0.29, 0.717) is 0 Å². The van der Waals surface area contributed by atoms with Crippen molar-refractivity contribution in [2.24, 2.45) is 4.99 Å². The monoisotopic (exact) mass is 362 g/mol. The molecule has 8 heteroatoms. The Kier molecular flexibility index (Phi) is 4.74. The van der Waals surface area contributed by atoms with Crippen LogP contribution in [0.25, 0.3) is 0 Å². The summed E-state index contributed by atoms with van der Waals surface area (Å²) in [4.78, 5) is 15.8. The number of aliphatic imine (C=N–C) groups is 1. The van der Waals surface area contributed by atoms with Crippen LogP contribution in [-0.4, -0.2) is 21.5 Å². The Bertz CT molecular complexity index is 681. The van der Waals surface area contributed by atoms with Crippen molar-refractivity contribution in [3.05, 3.63) is 35.4 Å². The van der Waals surface area contributed by atoms with Gasteiger partial charge in [0.05, 0.1) is 11.6 Å². The lowest BCUT2D eigenvalue weighted by Crippen LogP contribution is -2.46. The van der Waals surface area contributed by atoms with Crippen LogP contribution in [0.15, 0.2) is 29.3 Å². The number of alkyl halides is 4. The zero-order chi connectivity index (χ0) is 18.3. The van der Waals surface area contributed by atoms with Crippen LogP contribution in [0.5, 0.6) is 0 Å². The number of carbonyl (C=O) groups is 1. The summed E-state index contributed by atoms with van der Waals surface area (Å²) in [6, 6.07) is 4.43. The Hall–Kier alpha value is -1.57. The molecule has 0 unspecified atom stereocenters. The van der Waals surface area contributed by atoms with Gasteiger partial charge in [0.2, 0.25) is 0 Å². The van der Waals surface area contributed by atoms with Crippen LogP contribution >= 0.6 is 11.8 Å². The summed E-state index contributed by atoms with van der Waals surface area (Å²) in [5.74, 6) is -0.640. The number of amides is 1. The summed E-state index contributed by atoms with van der Waals surface area (Å²) in [7, 11) is 0. The molecule has 1 N–H and O–H groups in total. The van der Waals surface area contributed by atoms with Crippen molar-refractivity contribution in [3.8, 4) is 0 Å². The minimum atomic E-state index is -4.48. The molecule has 1 aromatic carbocycles. The number of halogens is 4. The number of rotatable bonds is 3. The van der Waals surface area contributed by atoms with E-state index in [1.165, 1.54) is 45.9 Å². The van der Waals surface area contributed by atoms with Gasteiger partial charge in [0, 0.05) is 0 Å². The molecule has 0 saturated heterocycles. The Morgan fingerprint density at radius 2 is 1.79 bits per heavy atom. The lowest BCUT2D eigenvalue weighted by atomic mass is 9.93. The topological polar surface area (TPSA) is 41.5 Å². The first-order valence-corrected chi connectivity index (χ1v) is 8.11. The van der Waals surface area contributed by atoms with Crippen molar-refractivity contribution >= 4 is 22.8 Å². The number of benzene rings is 1. The third-order valence-electron chi connectivity index (χ3n) is 4.12. The van der Waals surface area contributed by atoms with Crippen molar-refractivity contribution in [2.75, 3.05) is 0 Å². The first kappa shape index (κ1) is 18.8. The zero-order valence-electron chi connectivity index (χ0n) is 13.7. The Morgan fingerprint density at radius 1 is 1.21 bits per heavy atom. The van der Waals surface area contributed by atoms with E-state index in [-0.39, 0.29) is 10.7 Å². The van der Waals surface area contributed by atoms with Gasteiger partial charge in [0.15, 0.2) is 5.17 Å². The highest BCUT2D eigenvalue weighted by atomic mass is 32.2. The first-order chi connectivity index (χ1) is 10.9. The normalized spacial score (nSPS) is 23.2. The summed E-state index contributed by atoms with van der Waals surface area (Å²) < 4.78 is 52.2. The van der Waals surface area contributed by atoms with Crippen LogP contribution in [0.4, 0.5) is 17.6 Å². The molecule has 132 valence electrons. The number of thioether (sulfide) groups is 1. The quantitative estimate of drug-likeness (QED) is 0.806. The number of nitrogens with one attached hydrogen (secondary N) is 1. The molecular weight excluding hydrogens is 344 g/mol. The highest BCUT2D eigenvalue weighted by molar-refractivity contribution is 8.16. The lowest BCUT2D eigenvalue weighted by Gasteiger charge is -2.31. The molecule has 0 saturated carbocycles. The fourth-order valence-corrected chi connectivity index (χ4v) is 3.42. The van der Waals surface area contributed by atoms with Crippen LogP contribution < -0.4 is 5.32 Å². The van der Waals surface area contributed by atoms with Crippen LogP contribution in [0.3, 0.4) is 0 Å². The first-order valence-electron chi connectivity index (χ1n) is 7.30. The molecule has 1 aliphatic heterocycles. The molecule has 2 rings (SSSR count). The summed E-state index contributed by atoms with van der Waals surface area (Å²) in [5, 5.41) is 2.91. The SMILES string of the molecule is C[C@H](NC1=NC(=O)[C@@](C)(C(C)(C)F)S1)c1ccccc1C(F)(F)F. The second-order valence-corrected chi connectivity index (χ2v) is 7.69. The smallest absolute Gasteiger partial charge is 0.358 e. The molecule has 1 heterocycles. The molecule has 3 nitrogen and oxygen atoms in total. The van der Waals surface area contributed by atoms with Gasteiger partial charge >= 0.3 is 6.18 Å². The van der Waals surface area contributed by atoms with E-state index in [1.54, 1.807) is 0 Å². The zero-order valence-corrected chi connectivity index (χ0v) is 14.5. The van der Waals surface area contributed by atoms with E-state index in [9.17, 15) is 22.4 Å². The van der Waals surface area contributed by atoms with Gasteiger partial charge in [-0.2, -0.15) is 18.2 Å². The molecule has 0 bridgehead atoms. The van der Waals surface area contributed by atoms with Crippen molar-refractivity contribution < 1.29 is 22.4 Å². The predicted molar refractivity (Wildman–Crippen MR) is 86.6 cm³/mol. The second-order valence-electron chi connectivity index (χ2n) is 6.28. The summed E-state index contributed by atoms with van der Waals surface area (Å²) in [6.45, 7) is 5.53. The van der Waals surface area contributed by atoms with Crippen molar-refractivity contribution in [3.63, 3.8) is 0 Å². The van der Waals surface area contributed by atoms with Gasteiger partial charge < -0.3 is 5.32 Å². The molecule has 0 spiro atoms. The van der Waals surface area contributed by atoms with Gasteiger partial charge in [-0.3, -0.25) is 4.79 Å². The Labute approximate surface area is 141 Å². The Balaban J connectivity index is 2.23. The van der Waals surface area contributed by atoms with Crippen molar-refractivity contribution in [2.45, 2.75) is 50.3 Å². The molecule has 0 aliphatic carbocycles. The molecule has 24 heavy (non-hydrogen) atoms. The van der Waals surface area contributed by atoms with Gasteiger partial charge in [0.25, 0.3) is 5.91 Å². The second kappa shape index (κ2) is 6.06. The van der Waals surface area contributed by atoms with E-state index in [2.05, 4.69) is 10.3 Å². The van der Waals surface area contributed by atoms with E-state index < -0.39 is 34.1 Å². The van der Waals surface area contributed by atoms with Crippen LogP contribution in [-0.2, 0) is 11.0 Å². The largest absolute Gasteiger partial charge is 0.416 e. The molecule has 0 fully saturated rings. The molecule has 2 atom stereocenters. The maximum Gasteiger partial charge on any atom is 0.416 e. The molecule has 0 aromatic heterocycles. The van der Waals surface area contributed by atoms with Crippen molar-refractivity contribution in [1.82, 2.24) is 5.32 Å². The maximum atomic E-state index is 14.3. The average Bonchev–Trinajstić information content (AvgIpc) is 2.73. The predicted octanol–water partition coefficient (Wildman–Crippen LogP) is 4.49. The molecular formula is C16H18F4N2OS. The van der Waals surface area contributed by atoms with Gasteiger partial charge in [-0.25, -0.2) is 4.39 Å². The van der Waals surface area contributed by atoms with E-state index in [1.807, 2.05) is 0 Å². The Morgan fingerprint density at radius 3 is 2.29 bits per heavy atom. The van der Waals surface area contributed by atoms with Gasteiger partial charge in [0.1, 0.15) is 10.4 Å². The minimum absolute atomic E-state index is 0.0360. The number of carbonyl (C=O) groups excluding carboxylic acids is 1. The number of amidine groups is 1. The minimum Gasteiger partial charge on any atom is -0.358 e. The highest BCUT2D eigenvalue weighted by Gasteiger charge is 2.53. The van der Waals surface area contributed by atoms with E-state index >= 15 is 0 Å². The molecule has 1 amide bonds. The number of hydrogen-bond donors (Lipinski definition) is 1. The maximum absolute atomic E-state index is 14.3. The number of hydrogen-bond acceptors (Lipinski definition) is 3.